The molecule has 1 aromatic rings. The van der Waals surface area contributed by atoms with Gasteiger partial charge in [-0.1, -0.05) is 30.3 Å². The van der Waals surface area contributed by atoms with Crippen LogP contribution in [0.2, 0.25) is 0 Å². The topological polar surface area (TPSA) is 17.1 Å². The molecule has 0 radical (unpaired) electrons. The van der Waals surface area contributed by atoms with Gasteiger partial charge < -0.3 is 0 Å². The maximum Gasteiger partial charge on any atom is 0.152 e. The van der Waals surface area contributed by atoms with Gasteiger partial charge in [0.2, 0.25) is 0 Å². The Kier molecular flexibility index (Phi) is 4.47. The Balaban J connectivity index is 2.89. The second-order valence-corrected chi connectivity index (χ2v) is 3.94. The Morgan fingerprint density at radius 3 is 2.79 bits per heavy atom. The summed E-state index contributed by atoms with van der Waals surface area (Å²) < 4.78 is 0. The highest BCUT2D eigenvalue weighted by Gasteiger charge is 1.96. The van der Waals surface area contributed by atoms with E-state index >= 15 is 0 Å². The average molecular weight is 206 g/mol. The summed E-state index contributed by atoms with van der Waals surface area (Å²) in [6.45, 7) is 1.56. The number of carbonyl (C=O) groups is 1. The molecule has 14 heavy (non-hydrogen) atoms. The lowest BCUT2D eigenvalue weighted by molar-refractivity contribution is -0.112. The Labute approximate surface area is 89.2 Å². The highest BCUT2D eigenvalue weighted by molar-refractivity contribution is 7.97. The molecule has 0 aliphatic rings. The van der Waals surface area contributed by atoms with Crippen LogP contribution >= 0.6 is 11.8 Å². The van der Waals surface area contributed by atoms with E-state index in [-0.39, 0.29) is 5.78 Å². The van der Waals surface area contributed by atoms with E-state index in [2.05, 4.69) is 12.3 Å². The van der Waals surface area contributed by atoms with Crippen molar-refractivity contribution < 1.29 is 4.79 Å². The maximum absolute atomic E-state index is 10.8. The fourth-order valence-electron chi connectivity index (χ4n) is 1.19. The van der Waals surface area contributed by atoms with Crippen LogP contribution in [0.5, 0.6) is 0 Å². The summed E-state index contributed by atoms with van der Waals surface area (Å²) >= 11 is 1.78. The second kappa shape index (κ2) is 5.66. The molecule has 1 rings (SSSR count). The van der Waals surface area contributed by atoms with Crippen molar-refractivity contribution in [3.63, 3.8) is 0 Å². The van der Waals surface area contributed by atoms with Crippen LogP contribution in [0.3, 0.4) is 0 Å². The van der Waals surface area contributed by atoms with Gasteiger partial charge in [-0.2, -0.15) is 11.8 Å². The van der Waals surface area contributed by atoms with E-state index in [0.717, 1.165) is 11.3 Å². The van der Waals surface area contributed by atoms with Crippen LogP contribution in [-0.2, 0) is 10.5 Å². The van der Waals surface area contributed by atoms with Gasteiger partial charge in [-0.15, -0.1) is 0 Å². The lowest BCUT2D eigenvalue weighted by Crippen LogP contribution is -1.86. The lowest BCUT2D eigenvalue weighted by Gasteiger charge is -2.02. The molecule has 0 amide bonds. The van der Waals surface area contributed by atoms with Crippen LogP contribution in [0.4, 0.5) is 0 Å². The van der Waals surface area contributed by atoms with Crippen molar-refractivity contribution in [1.82, 2.24) is 0 Å². The number of carbonyl (C=O) groups excluding carboxylic acids is 1. The van der Waals surface area contributed by atoms with E-state index in [1.807, 2.05) is 24.3 Å². The minimum Gasteiger partial charge on any atom is -0.295 e. The predicted octanol–water partition coefficient (Wildman–Crippen LogP) is 3.15. The Bertz CT molecular complexity index is 342. The maximum atomic E-state index is 10.8. The summed E-state index contributed by atoms with van der Waals surface area (Å²) in [7, 11) is 0. The number of rotatable bonds is 4. The smallest absolute Gasteiger partial charge is 0.152 e. The van der Waals surface area contributed by atoms with Gasteiger partial charge in [0.25, 0.3) is 0 Å². The third kappa shape index (κ3) is 3.38. The Morgan fingerprint density at radius 1 is 1.43 bits per heavy atom. The molecule has 0 atom stereocenters. The number of hydrogen-bond donors (Lipinski definition) is 0. The number of thioether (sulfide) groups is 1. The summed E-state index contributed by atoms with van der Waals surface area (Å²) in [5.41, 5.74) is 2.41. The SMILES string of the molecule is CSCc1ccccc1/C=C/C(C)=O. The van der Waals surface area contributed by atoms with Gasteiger partial charge in [0.05, 0.1) is 0 Å². The quantitative estimate of drug-likeness (QED) is 0.704. The molecule has 74 valence electrons. The molecule has 0 unspecified atom stereocenters. The summed E-state index contributed by atoms with van der Waals surface area (Å²) in [4.78, 5) is 10.8. The summed E-state index contributed by atoms with van der Waals surface area (Å²) in [5, 5.41) is 0. The van der Waals surface area contributed by atoms with Gasteiger partial charge in [-0.25, -0.2) is 0 Å². The van der Waals surface area contributed by atoms with Gasteiger partial charge >= 0.3 is 0 Å². The molecule has 0 heterocycles. The first kappa shape index (κ1) is 11.1. The van der Waals surface area contributed by atoms with Gasteiger partial charge in [0.1, 0.15) is 0 Å². The first-order valence-electron chi connectivity index (χ1n) is 4.49. The average Bonchev–Trinajstić information content (AvgIpc) is 2.17. The number of allylic oxidation sites excluding steroid dienone is 1. The summed E-state index contributed by atoms with van der Waals surface area (Å²) in [6.07, 6.45) is 5.57. The molecular weight excluding hydrogens is 192 g/mol. The zero-order valence-electron chi connectivity index (χ0n) is 8.49. The van der Waals surface area contributed by atoms with Crippen LogP contribution in [0.15, 0.2) is 30.3 Å². The normalized spacial score (nSPS) is 10.7. The molecule has 0 saturated carbocycles. The molecule has 0 N–H and O–H groups in total. The first-order valence-corrected chi connectivity index (χ1v) is 5.89. The van der Waals surface area contributed by atoms with Crippen molar-refractivity contribution in [1.29, 1.82) is 0 Å². The lowest BCUT2D eigenvalue weighted by atomic mass is 10.1. The molecule has 0 aliphatic heterocycles. The van der Waals surface area contributed by atoms with Crippen molar-refractivity contribution >= 4 is 23.6 Å². The fourth-order valence-corrected chi connectivity index (χ4v) is 1.76. The van der Waals surface area contributed by atoms with Gasteiger partial charge in [0, 0.05) is 5.75 Å². The molecule has 2 heteroatoms. The highest BCUT2D eigenvalue weighted by atomic mass is 32.2. The van der Waals surface area contributed by atoms with E-state index < -0.39 is 0 Å². The van der Waals surface area contributed by atoms with E-state index in [1.165, 1.54) is 5.56 Å². The van der Waals surface area contributed by atoms with Crippen LogP contribution in [0.25, 0.3) is 6.08 Å². The molecule has 0 bridgehead atoms. The van der Waals surface area contributed by atoms with Gasteiger partial charge in [0.15, 0.2) is 5.78 Å². The third-order valence-corrected chi connectivity index (χ3v) is 2.45. The fraction of sp³-hybridized carbons (Fsp3) is 0.250. The molecule has 0 aliphatic carbocycles. The van der Waals surface area contributed by atoms with E-state index in [0.29, 0.717) is 0 Å². The van der Waals surface area contributed by atoms with E-state index in [9.17, 15) is 4.79 Å². The molecule has 1 nitrogen and oxygen atoms in total. The van der Waals surface area contributed by atoms with Crippen LogP contribution in [0.1, 0.15) is 18.1 Å². The van der Waals surface area contributed by atoms with Crippen LogP contribution < -0.4 is 0 Å². The number of ketones is 1. The Hall–Kier alpha value is -1.02. The van der Waals surface area contributed by atoms with Crippen LogP contribution in [-0.4, -0.2) is 12.0 Å². The predicted molar refractivity (Wildman–Crippen MR) is 63.4 cm³/mol. The van der Waals surface area contributed by atoms with Crippen LogP contribution in [0, 0.1) is 0 Å². The monoisotopic (exact) mass is 206 g/mol. The van der Waals surface area contributed by atoms with Crippen molar-refractivity contribution in [2.45, 2.75) is 12.7 Å². The first-order chi connectivity index (χ1) is 6.74. The van der Waals surface area contributed by atoms with E-state index in [4.69, 9.17) is 0 Å². The standard InChI is InChI=1S/C12H14OS/c1-10(13)7-8-11-5-3-4-6-12(11)9-14-2/h3-8H,9H2,1-2H3/b8-7+. The van der Waals surface area contributed by atoms with Crippen molar-refractivity contribution in [3.05, 3.63) is 41.5 Å². The minimum absolute atomic E-state index is 0.0870. The largest absolute Gasteiger partial charge is 0.295 e. The molecule has 0 aromatic heterocycles. The third-order valence-electron chi connectivity index (χ3n) is 1.85. The van der Waals surface area contributed by atoms with Crippen molar-refractivity contribution in [2.75, 3.05) is 6.26 Å². The second-order valence-electron chi connectivity index (χ2n) is 3.08. The van der Waals surface area contributed by atoms with Gasteiger partial charge in [-0.3, -0.25) is 4.79 Å². The molecule has 1 aromatic carbocycles. The van der Waals surface area contributed by atoms with Crippen molar-refractivity contribution in [2.24, 2.45) is 0 Å². The molecular formula is C12H14OS. The zero-order chi connectivity index (χ0) is 10.4. The minimum atomic E-state index is 0.0870. The van der Waals surface area contributed by atoms with Crippen molar-refractivity contribution in [3.8, 4) is 0 Å². The molecule has 0 fully saturated rings. The van der Waals surface area contributed by atoms with E-state index in [1.54, 1.807) is 24.8 Å². The highest BCUT2D eigenvalue weighted by Crippen LogP contribution is 2.15. The molecule has 0 saturated heterocycles. The summed E-state index contributed by atoms with van der Waals surface area (Å²) in [6, 6.07) is 8.14. The number of benzene rings is 1. The summed E-state index contributed by atoms with van der Waals surface area (Å²) in [5.74, 6) is 1.07. The number of hydrogen-bond acceptors (Lipinski definition) is 2. The zero-order valence-corrected chi connectivity index (χ0v) is 9.30. The molecule has 0 spiro atoms. The van der Waals surface area contributed by atoms with Gasteiger partial charge in [-0.05, 0) is 30.4 Å². The Morgan fingerprint density at radius 2 is 2.14 bits per heavy atom.